The van der Waals surface area contributed by atoms with Crippen LogP contribution in [0.5, 0.6) is 0 Å². The molecule has 128 heavy (non-hydrogen) atoms. The lowest BCUT2D eigenvalue weighted by Gasteiger charge is -2.23. The maximum absolute atomic E-state index is 2.46. The minimum absolute atomic E-state index is 0.122. The second-order valence-corrected chi connectivity index (χ2v) is 34.8. The molecule has 2 heterocycles. The van der Waals surface area contributed by atoms with Gasteiger partial charge in [-0.1, -0.05) is 436 Å². The monoisotopic (exact) mass is 1630 g/mol. The van der Waals surface area contributed by atoms with Crippen LogP contribution in [0.1, 0.15) is 102 Å². The van der Waals surface area contributed by atoms with Crippen LogP contribution >= 0.6 is 0 Å². The van der Waals surface area contributed by atoms with E-state index in [1.165, 1.54) is 227 Å². The van der Waals surface area contributed by atoms with Gasteiger partial charge < -0.3 is 9.13 Å². The molecular weight excluding hydrogens is 1540 g/mol. The number of para-hydroxylation sites is 3. The summed E-state index contributed by atoms with van der Waals surface area (Å²) in [7, 11) is 0. The predicted molar refractivity (Wildman–Crippen MR) is 536 cm³/mol. The second-order valence-electron chi connectivity index (χ2n) is 34.8. The third-order valence-corrected chi connectivity index (χ3v) is 27.5. The first-order valence-corrected chi connectivity index (χ1v) is 44.9. The molecule has 4 aliphatic rings. The van der Waals surface area contributed by atoms with E-state index in [4.69, 9.17) is 0 Å². The number of aryl methyl sites for hydroxylation is 2. The summed E-state index contributed by atoms with van der Waals surface area (Å²) in [5.41, 5.74) is 49.9. The lowest BCUT2D eigenvalue weighted by atomic mass is 9.79. The van der Waals surface area contributed by atoms with E-state index >= 15 is 0 Å². The smallest absolute Gasteiger partial charge is 0.0788 e. The maximum Gasteiger partial charge on any atom is 0.0788 e. The van der Waals surface area contributed by atoms with E-state index in [9.17, 15) is 0 Å². The molecule has 2 nitrogen and oxygen atoms in total. The summed E-state index contributed by atoms with van der Waals surface area (Å²) < 4.78 is 4.89. The molecule has 0 bridgehead atoms. The average molecular weight is 1630 g/mol. The zero-order valence-electron chi connectivity index (χ0n) is 71.2. The van der Waals surface area contributed by atoms with Crippen molar-refractivity contribution in [3.05, 3.63) is 551 Å². The highest BCUT2D eigenvalue weighted by atomic mass is 15.0. The van der Waals surface area contributed by atoms with Crippen LogP contribution in [0, 0.1) is 13.8 Å². The van der Waals surface area contributed by atoms with E-state index in [2.05, 4.69) is 496 Å². The van der Waals surface area contributed by atoms with Crippen LogP contribution in [0.25, 0.3) is 155 Å². The molecule has 0 saturated carbocycles. The van der Waals surface area contributed by atoms with E-state index in [0.29, 0.717) is 0 Å². The Hall–Kier alpha value is -16.0. The van der Waals surface area contributed by atoms with Gasteiger partial charge in [0.1, 0.15) is 0 Å². The molecule has 0 amide bonds. The fourth-order valence-corrected chi connectivity index (χ4v) is 21.9. The molecule has 0 radical (unpaired) electrons. The molecule has 0 aliphatic heterocycles. The first-order valence-electron chi connectivity index (χ1n) is 44.9. The quantitative estimate of drug-likeness (QED) is 0.122. The first-order chi connectivity index (χ1) is 63.4. The molecule has 4 aliphatic carbocycles. The molecule has 20 aromatic carbocycles. The fourth-order valence-electron chi connectivity index (χ4n) is 21.9. The molecule has 2 heteroatoms. The van der Waals surface area contributed by atoms with Gasteiger partial charge in [-0.05, 0) is 229 Å². The summed E-state index contributed by atoms with van der Waals surface area (Å²) in [4.78, 5) is 0. The van der Waals surface area contributed by atoms with Gasteiger partial charge in [-0.15, -0.1) is 0 Å². The average Bonchev–Trinajstić information content (AvgIpc) is 1.55. The standard InChI is InChI=1S/C46H34.C44H30.C36H24N2/c1-29-16-20-31(21-17-29)34-26-35(32-22-18-30(2)19-23-32)28-36(27-34)44-40-15-9-7-13-38(40)42-25-24-41-37-12-6-8-14-39(37)43(45(41)46(42)44)33-10-4-3-5-11-33;1-4-14-29(15-5-1)32-26-33(30-16-6-2-7-17-30)28-34(27-32)42-38-23-13-11-21-36(38)40-25-24-39-35-20-10-12-22-37(35)41(43(39)44(40)42)31-18-8-3-9-19-31;1-3-12-25(13-4-1)26-14-11-17-28(24-26)38-34-21-10-8-19-30(34)32-23-22-31-29-18-7-9-20-33(29)37(35(31)36(32)38)27-15-5-2-6-16-27/h3-28,43-44H,1-2H3;1-28,41-42H;1-24H. The number of nitrogens with zero attached hydrogens (tertiary/aromatic N) is 2. The van der Waals surface area contributed by atoms with Gasteiger partial charge in [-0.25, -0.2) is 0 Å². The Labute approximate surface area is 747 Å². The van der Waals surface area contributed by atoms with E-state index < -0.39 is 0 Å². The molecule has 26 rings (SSSR count). The largest absolute Gasteiger partial charge is 0.307 e. The maximum atomic E-state index is 2.46. The van der Waals surface area contributed by atoms with E-state index in [-0.39, 0.29) is 23.7 Å². The van der Waals surface area contributed by atoms with E-state index in [1.54, 1.807) is 0 Å². The van der Waals surface area contributed by atoms with Gasteiger partial charge in [-0.3, -0.25) is 0 Å². The van der Waals surface area contributed by atoms with Gasteiger partial charge in [0.2, 0.25) is 0 Å². The Morgan fingerprint density at radius 1 is 0.164 bits per heavy atom. The summed E-state index contributed by atoms with van der Waals surface area (Å²) >= 11 is 0. The third-order valence-electron chi connectivity index (χ3n) is 27.5. The summed E-state index contributed by atoms with van der Waals surface area (Å²) in [6, 6.07) is 175. The molecule has 602 valence electrons. The Balaban J connectivity index is 0.000000107. The number of fused-ring (bicyclic) bond motifs is 21. The Bertz CT molecular complexity index is 7920. The van der Waals surface area contributed by atoms with E-state index in [0.717, 1.165) is 5.69 Å². The number of rotatable bonds is 11. The van der Waals surface area contributed by atoms with Crippen molar-refractivity contribution in [1.82, 2.24) is 9.13 Å². The third kappa shape index (κ3) is 12.8. The summed E-state index contributed by atoms with van der Waals surface area (Å²) in [5, 5.41) is 5.06. The van der Waals surface area contributed by atoms with Crippen LogP contribution in [0.15, 0.2) is 473 Å². The number of benzene rings is 20. The van der Waals surface area contributed by atoms with Crippen molar-refractivity contribution in [3.8, 4) is 112 Å². The zero-order chi connectivity index (χ0) is 84.9. The Morgan fingerprint density at radius 3 is 0.805 bits per heavy atom. The summed E-state index contributed by atoms with van der Waals surface area (Å²) in [6.45, 7) is 4.32. The van der Waals surface area contributed by atoms with Gasteiger partial charge >= 0.3 is 0 Å². The van der Waals surface area contributed by atoms with Gasteiger partial charge in [0.25, 0.3) is 0 Å². The van der Waals surface area contributed by atoms with E-state index in [1.807, 2.05) is 0 Å². The first kappa shape index (κ1) is 75.7. The highest BCUT2D eigenvalue weighted by Crippen LogP contribution is 2.61. The van der Waals surface area contributed by atoms with Crippen molar-refractivity contribution < 1.29 is 0 Å². The van der Waals surface area contributed by atoms with Crippen molar-refractivity contribution in [1.29, 1.82) is 0 Å². The van der Waals surface area contributed by atoms with Crippen LogP contribution < -0.4 is 0 Å². The fraction of sp³-hybridized carbons (Fsp3) is 0.0476. The van der Waals surface area contributed by atoms with Gasteiger partial charge in [-0.2, -0.15) is 0 Å². The van der Waals surface area contributed by atoms with Crippen LogP contribution in [-0.4, -0.2) is 9.13 Å². The predicted octanol–water partition coefficient (Wildman–Crippen LogP) is 32.8. The highest BCUT2D eigenvalue weighted by molar-refractivity contribution is 6.24. The van der Waals surface area contributed by atoms with Gasteiger partial charge in [0.15, 0.2) is 0 Å². The molecular formula is C126H88N2. The molecule has 0 N–H and O–H groups in total. The van der Waals surface area contributed by atoms with Crippen molar-refractivity contribution in [3.63, 3.8) is 0 Å². The number of hydrogen-bond acceptors (Lipinski definition) is 0. The number of aromatic nitrogens is 2. The van der Waals surface area contributed by atoms with Crippen molar-refractivity contribution in [2.75, 3.05) is 0 Å². The van der Waals surface area contributed by atoms with Crippen LogP contribution in [-0.2, 0) is 0 Å². The molecule has 0 fully saturated rings. The van der Waals surface area contributed by atoms with Gasteiger partial charge in [0, 0.05) is 56.6 Å². The zero-order valence-corrected chi connectivity index (χ0v) is 71.2. The summed E-state index contributed by atoms with van der Waals surface area (Å²) in [6.07, 6.45) is 0. The van der Waals surface area contributed by atoms with Crippen molar-refractivity contribution >= 4 is 43.6 Å². The second kappa shape index (κ2) is 31.7. The van der Waals surface area contributed by atoms with Crippen molar-refractivity contribution in [2.45, 2.75) is 37.5 Å². The lowest BCUT2D eigenvalue weighted by Crippen LogP contribution is -2.07. The van der Waals surface area contributed by atoms with Crippen LogP contribution in [0.2, 0.25) is 0 Å². The normalized spacial score (nSPS) is 14.5. The molecule has 0 spiro atoms. The number of hydrogen-bond donors (Lipinski definition) is 0. The SMILES string of the molecule is Cc1ccc(-c2cc(-c3ccc(C)cc3)cc(C3c4ccccc4-c4ccc5c(c43)C(c3ccccc3)c3ccccc3-5)c2)cc1.c1ccc(-c2cc(-c3ccccc3)cc(C3c4ccccc4-c4ccc5c(c43)C(c3ccccc3)c3ccccc3-5)c2)cc1.c1ccc(-c2cccc(-n3c4ccccc4c4ccc5c6ccccc6n(-c6ccccc6)c5c43)c2)cc1. The molecule has 4 atom stereocenters. The summed E-state index contributed by atoms with van der Waals surface area (Å²) in [5.74, 6) is 0.634. The lowest BCUT2D eigenvalue weighted by molar-refractivity contribution is 0.938. The molecule has 2 aromatic heterocycles. The van der Waals surface area contributed by atoms with Crippen LogP contribution in [0.4, 0.5) is 0 Å². The molecule has 4 unspecified atom stereocenters. The molecule has 0 saturated heterocycles. The Kier molecular flexibility index (Phi) is 18.7. The van der Waals surface area contributed by atoms with Crippen molar-refractivity contribution in [2.24, 2.45) is 0 Å². The van der Waals surface area contributed by atoms with Crippen LogP contribution in [0.3, 0.4) is 0 Å². The Morgan fingerprint density at radius 2 is 0.438 bits per heavy atom. The molecule has 22 aromatic rings. The minimum atomic E-state index is 0.122. The highest BCUT2D eigenvalue weighted by Gasteiger charge is 2.43. The topological polar surface area (TPSA) is 9.86 Å². The van der Waals surface area contributed by atoms with Gasteiger partial charge in [0.05, 0.1) is 22.1 Å². The minimum Gasteiger partial charge on any atom is -0.307 e.